The highest BCUT2D eigenvalue weighted by Crippen LogP contribution is 2.25. The van der Waals surface area contributed by atoms with Crippen molar-refractivity contribution in [2.45, 2.75) is 33.6 Å². The average molecular weight is 204 g/mol. The van der Waals surface area contributed by atoms with Gasteiger partial charge in [-0.1, -0.05) is 13.8 Å². The number of aryl methyl sites for hydroxylation is 2. The summed E-state index contributed by atoms with van der Waals surface area (Å²) >= 11 is 0. The van der Waals surface area contributed by atoms with E-state index in [1.54, 1.807) is 6.26 Å². The van der Waals surface area contributed by atoms with Crippen LogP contribution in [0.15, 0.2) is 16.7 Å². The second-order valence-corrected chi connectivity index (χ2v) is 4.49. The molecule has 0 aliphatic rings. The first-order chi connectivity index (χ1) is 7.04. The largest absolute Gasteiger partial charge is 0.413 e. The number of aromatic nitrogens is 1. The molecule has 0 N–H and O–H groups in total. The van der Waals surface area contributed by atoms with Gasteiger partial charge in [0.15, 0.2) is 5.69 Å². The molecule has 80 valence electrons. The zero-order chi connectivity index (χ0) is 11.2. The van der Waals surface area contributed by atoms with Gasteiger partial charge >= 0.3 is 5.71 Å². The van der Waals surface area contributed by atoms with E-state index in [4.69, 9.17) is 4.42 Å². The SMILES string of the molecule is Cc1c(C)c2ccoc2[n+](C)c1C(C)C. The molecule has 2 aromatic rings. The van der Waals surface area contributed by atoms with Crippen LogP contribution in [0.25, 0.3) is 11.1 Å². The van der Waals surface area contributed by atoms with E-state index in [2.05, 4.69) is 39.3 Å². The molecule has 0 aliphatic carbocycles. The number of rotatable bonds is 1. The van der Waals surface area contributed by atoms with Gasteiger partial charge in [-0.2, -0.15) is 4.57 Å². The molecular formula is C13H18NO+. The Balaban J connectivity index is 2.92. The summed E-state index contributed by atoms with van der Waals surface area (Å²) in [5, 5.41) is 1.22. The van der Waals surface area contributed by atoms with Crippen LogP contribution >= 0.6 is 0 Å². The highest BCUT2D eigenvalue weighted by atomic mass is 16.3. The Hall–Kier alpha value is -1.31. The summed E-state index contributed by atoms with van der Waals surface area (Å²) in [5.74, 6) is 0.517. The molecule has 0 saturated carbocycles. The third kappa shape index (κ3) is 1.36. The summed E-state index contributed by atoms with van der Waals surface area (Å²) in [6.07, 6.45) is 1.77. The minimum absolute atomic E-state index is 0.517. The van der Waals surface area contributed by atoms with Crippen molar-refractivity contribution in [2.75, 3.05) is 0 Å². The summed E-state index contributed by atoms with van der Waals surface area (Å²) in [4.78, 5) is 0. The molecule has 2 nitrogen and oxygen atoms in total. The summed E-state index contributed by atoms with van der Waals surface area (Å²) < 4.78 is 7.71. The zero-order valence-electron chi connectivity index (χ0n) is 10.1. The van der Waals surface area contributed by atoms with Crippen LogP contribution in [0.1, 0.15) is 36.6 Å². The lowest BCUT2D eigenvalue weighted by molar-refractivity contribution is -0.660. The topological polar surface area (TPSA) is 17.0 Å². The minimum atomic E-state index is 0.517. The molecule has 0 saturated heterocycles. The van der Waals surface area contributed by atoms with Crippen molar-refractivity contribution in [1.29, 1.82) is 0 Å². The van der Waals surface area contributed by atoms with E-state index in [1.165, 1.54) is 22.2 Å². The summed E-state index contributed by atoms with van der Waals surface area (Å²) in [7, 11) is 2.08. The number of nitrogens with zero attached hydrogens (tertiary/aromatic N) is 1. The molecule has 2 rings (SSSR count). The first-order valence-corrected chi connectivity index (χ1v) is 5.40. The molecule has 2 heterocycles. The van der Waals surface area contributed by atoms with E-state index in [9.17, 15) is 0 Å². The van der Waals surface area contributed by atoms with Crippen molar-refractivity contribution >= 4 is 11.1 Å². The van der Waals surface area contributed by atoms with Crippen LogP contribution in [-0.4, -0.2) is 0 Å². The molecule has 0 amide bonds. The van der Waals surface area contributed by atoms with Crippen molar-refractivity contribution in [3.05, 3.63) is 29.2 Å². The summed E-state index contributed by atoms with van der Waals surface area (Å²) in [5.41, 5.74) is 5.04. The van der Waals surface area contributed by atoms with Gasteiger partial charge in [0, 0.05) is 11.5 Å². The van der Waals surface area contributed by atoms with Gasteiger partial charge in [-0.05, 0) is 25.5 Å². The van der Waals surface area contributed by atoms with Crippen LogP contribution in [0, 0.1) is 13.8 Å². The van der Waals surface area contributed by atoms with Gasteiger partial charge in [-0.15, -0.1) is 0 Å². The van der Waals surface area contributed by atoms with Crippen LogP contribution < -0.4 is 4.57 Å². The van der Waals surface area contributed by atoms with E-state index in [0.29, 0.717) is 5.92 Å². The van der Waals surface area contributed by atoms with Gasteiger partial charge in [0.1, 0.15) is 7.05 Å². The number of hydrogen-bond donors (Lipinski definition) is 0. The van der Waals surface area contributed by atoms with E-state index < -0.39 is 0 Å². The first-order valence-electron chi connectivity index (χ1n) is 5.40. The van der Waals surface area contributed by atoms with Gasteiger partial charge in [-0.3, -0.25) is 0 Å². The molecule has 0 unspecified atom stereocenters. The number of fused-ring (bicyclic) bond motifs is 1. The monoisotopic (exact) mass is 204 g/mol. The smallest absolute Gasteiger partial charge is 0.380 e. The number of pyridine rings is 1. The fourth-order valence-electron chi connectivity index (χ4n) is 2.42. The highest BCUT2D eigenvalue weighted by Gasteiger charge is 2.23. The molecule has 0 atom stereocenters. The molecular weight excluding hydrogens is 186 g/mol. The van der Waals surface area contributed by atoms with Crippen molar-refractivity contribution in [3.8, 4) is 0 Å². The molecule has 0 bridgehead atoms. The van der Waals surface area contributed by atoms with Crippen molar-refractivity contribution in [3.63, 3.8) is 0 Å². The van der Waals surface area contributed by atoms with Gasteiger partial charge in [0.25, 0.3) is 0 Å². The Morgan fingerprint density at radius 1 is 1.20 bits per heavy atom. The van der Waals surface area contributed by atoms with Gasteiger partial charge in [0.05, 0.1) is 11.6 Å². The lowest BCUT2D eigenvalue weighted by Crippen LogP contribution is -2.36. The minimum Gasteiger partial charge on any atom is -0.413 e. The van der Waals surface area contributed by atoms with Gasteiger partial charge in [0.2, 0.25) is 0 Å². The Kier molecular flexibility index (Phi) is 2.29. The fraction of sp³-hybridized carbons (Fsp3) is 0.462. The summed E-state index contributed by atoms with van der Waals surface area (Å²) in [6.45, 7) is 8.79. The molecule has 0 aromatic carbocycles. The van der Waals surface area contributed by atoms with Crippen LogP contribution in [0.4, 0.5) is 0 Å². The maximum atomic E-state index is 5.54. The standard InChI is InChI=1S/C13H18NO/c1-8(2)12-10(4)9(3)11-6-7-15-13(11)14(12)5/h6-8H,1-5H3/q+1. The van der Waals surface area contributed by atoms with Crippen molar-refractivity contribution in [2.24, 2.45) is 7.05 Å². The van der Waals surface area contributed by atoms with Crippen LogP contribution in [0.3, 0.4) is 0 Å². The van der Waals surface area contributed by atoms with Crippen LogP contribution in [0.5, 0.6) is 0 Å². The van der Waals surface area contributed by atoms with Crippen LogP contribution in [0.2, 0.25) is 0 Å². The predicted octanol–water partition coefficient (Wildman–Crippen LogP) is 3.00. The van der Waals surface area contributed by atoms with E-state index in [-0.39, 0.29) is 0 Å². The molecule has 0 spiro atoms. The normalized spacial score (nSPS) is 11.6. The van der Waals surface area contributed by atoms with Gasteiger partial charge < -0.3 is 4.42 Å². The Morgan fingerprint density at radius 3 is 2.47 bits per heavy atom. The van der Waals surface area contributed by atoms with E-state index in [1.807, 2.05) is 6.07 Å². The summed E-state index contributed by atoms with van der Waals surface area (Å²) in [6, 6.07) is 2.04. The first kappa shape index (κ1) is 10.2. The molecule has 0 radical (unpaired) electrons. The van der Waals surface area contributed by atoms with Crippen molar-refractivity contribution in [1.82, 2.24) is 0 Å². The highest BCUT2D eigenvalue weighted by molar-refractivity contribution is 5.76. The predicted molar refractivity (Wildman–Crippen MR) is 61.0 cm³/mol. The lowest BCUT2D eigenvalue weighted by Gasteiger charge is -2.09. The quantitative estimate of drug-likeness (QED) is 0.653. The second-order valence-electron chi connectivity index (χ2n) is 4.49. The maximum absolute atomic E-state index is 5.54. The third-order valence-electron chi connectivity index (χ3n) is 3.21. The molecule has 2 heteroatoms. The lowest BCUT2D eigenvalue weighted by atomic mass is 9.98. The molecule has 0 aliphatic heterocycles. The van der Waals surface area contributed by atoms with Crippen molar-refractivity contribution < 1.29 is 8.98 Å². The molecule has 2 aromatic heterocycles. The molecule has 15 heavy (non-hydrogen) atoms. The number of furan rings is 1. The third-order valence-corrected chi connectivity index (χ3v) is 3.21. The Bertz CT molecular complexity index is 509. The van der Waals surface area contributed by atoms with Gasteiger partial charge in [-0.25, -0.2) is 0 Å². The zero-order valence-corrected chi connectivity index (χ0v) is 10.1. The maximum Gasteiger partial charge on any atom is 0.380 e. The number of hydrogen-bond acceptors (Lipinski definition) is 1. The fourth-order valence-corrected chi connectivity index (χ4v) is 2.42. The Labute approximate surface area is 90.5 Å². The molecule has 0 fully saturated rings. The van der Waals surface area contributed by atoms with E-state index in [0.717, 1.165) is 5.71 Å². The van der Waals surface area contributed by atoms with Crippen LogP contribution in [-0.2, 0) is 7.05 Å². The average Bonchev–Trinajstić information content (AvgIpc) is 2.62. The Morgan fingerprint density at radius 2 is 1.87 bits per heavy atom. The second kappa shape index (κ2) is 3.37. The van der Waals surface area contributed by atoms with E-state index >= 15 is 0 Å².